The van der Waals surface area contributed by atoms with Crippen molar-refractivity contribution in [1.29, 1.82) is 0 Å². The SMILES string of the molecule is CC(CCOC(=O)Nc1ccc(C(F)(F)F)cn1)CC(=O)CCCc1ccccc1Cl. The lowest BCUT2D eigenvalue weighted by atomic mass is 9.98. The third-order valence-electron chi connectivity index (χ3n) is 4.60. The Kier molecular flexibility index (Phi) is 9.30. The van der Waals surface area contributed by atoms with Gasteiger partial charge in [-0.2, -0.15) is 13.2 Å². The van der Waals surface area contributed by atoms with Gasteiger partial charge in [-0.3, -0.25) is 10.1 Å². The van der Waals surface area contributed by atoms with E-state index in [0.717, 1.165) is 24.1 Å². The normalized spacial score (nSPS) is 12.3. The first-order valence-corrected chi connectivity index (χ1v) is 10.2. The van der Waals surface area contributed by atoms with Crippen LogP contribution in [0.15, 0.2) is 42.6 Å². The summed E-state index contributed by atoms with van der Waals surface area (Å²) in [5.74, 6) is 0.127. The number of carbonyl (C=O) groups excluding carboxylic acids is 2. The van der Waals surface area contributed by atoms with Gasteiger partial charge in [0.15, 0.2) is 0 Å². The number of pyridine rings is 1. The van der Waals surface area contributed by atoms with Crippen molar-refractivity contribution in [2.24, 2.45) is 5.92 Å². The maximum atomic E-state index is 12.5. The number of carbonyl (C=O) groups is 2. The minimum absolute atomic E-state index is 0.0322. The van der Waals surface area contributed by atoms with E-state index in [9.17, 15) is 22.8 Å². The average molecular weight is 457 g/mol. The van der Waals surface area contributed by atoms with Gasteiger partial charge < -0.3 is 4.74 Å². The minimum Gasteiger partial charge on any atom is -0.449 e. The molecule has 0 spiro atoms. The van der Waals surface area contributed by atoms with Crippen molar-refractivity contribution in [3.8, 4) is 0 Å². The van der Waals surface area contributed by atoms with Gasteiger partial charge >= 0.3 is 12.3 Å². The number of hydrogen-bond acceptors (Lipinski definition) is 4. The number of ether oxygens (including phenoxy) is 1. The highest BCUT2D eigenvalue weighted by Gasteiger charge is 2.30. The van der Waals surface area contributed by atoms with Crippen molar-refractivity contribution in [3.05, 3.63) is 58.7 Å². The van der Waals surface area contributed by atoms with Crippen LogP contribution < -0.4 is 5.32 Å². The van der Waals surface area contributed by atoms with E-state index in [1.807, 2.05) is 31.2 Å². The summed E-state index contributed by atoms with van der Waals surface area (Å²) in [6, 6.07) is 9.41. The molecule has 1 aromatic carbocycles. The van der Waals surface area contributed by atoms with Crippen molar-refractivity contribution < 1.29 is 27.5 Å². The van der Waals surface area contributed by atoms with Gasteiger partial charge in [0, 0.05) is 24.1 Å². The number of benzene rings is 1. The lowest BCUT2D eigenvalue weighted by Crippen LogP contribution is -2.17. The van der Waals surface area contributed by atoms with Crippen molar-refractivity contribution in [1.82, 2.24) is 4.98 Å². The number of nitrogens with zero attached hydrogens (tertiary/aromatic N) is 1. The Balaban J connectivity index is 1.62. The quantitative estimate of drug-likeness (QED) is 0.454. The molecule has 0 saturated heterocycles. The van der Waals surface area contributed by atoms with E-state index in [1.54, 1.807) is 0 Å². The van der Waals surface area contributed by atoms with Gasteiger partial charge in [-0.05, 0) is 48.9 Å². The molecular formula is C22H24ClF3N2O3. The Labute approximate surface area is 184 Å². The van der Waals surface area contributed by atoms with Crippen molar-refractivity contribution in [2.45, 2.75) is 45.2 Å². The first-order valence-electron chi connectivity index (χ1n) is 9.87. The molecule has 5 nitrogen and oxygen atoms in total. The monoisotopic (exact) mass is 456 g/mol. The van der Waals surface area contributed by atoms with Crippen LogP contribution in [0.5, 0.6) is 0 Å². The molecule has 0 radical (unpaired) electrons. The van der Waals surface area contributed by atoms with E-state index in [4.69, 9.17) is 16.3 Å². The van der Waals surface area contributed by atoms with Crippen molar-refractivity contribution in [3.63, 3.8) is 0 Å². The summed E-state index contributed by atoms with van der Waals surface area (Å²) in [5.41, 5.74) is 0.115. The molecule has 0 aliphatic carbocycles. The van der Waals surface area contributed by atoms with Crippen LogP contribution in [0, 0.1) is 5.92 Å². The number of rotatable bonds is 10. The van der Waals surface area contributed by atoms with E-state index in [1.165, 1.54) is 0 Å². The van der Waals surface area contributed by atoms with E-state index in [2.05, 4.69) is 10.3 Å². The predicted octanol–water partition coefficient (Wildman–Crippen LogP) is 6.31. The molecule has 1 aromatic heterocycles. The number of halogens is 4. The summed E-state index contributed by atoms with van der Waals surface area (Å²) in [7, 11) is 0. The molecule has 0 aliphatic heterocycles. The Morgan fingerprint density at radius 2 is 1.94 bits per heavy atom. The summed E-state index contributed by atoms with van der Waals surface area (Å²) in [6.07, 6.45) is -1.89. The minimum atomic E-state index is -4.49. The van der Waals surface area contributed by atoms with Crippen molar-refractivity contribution >= 4 is 29.3 Å². The molecule has 0 saturated carbocycles. The maximum absolute atomic E-state index is 12.5. The zero-order chi connectivity index (χ0) is 22.9. The van der Waals surface area contributed by atoms with Crippen LogP contribution in [0.1, 0.15) is 43.7 Å². The fraction of sp³-hybridized carbons (Fsp3) is 0.409. The summed E-state index contributed by atoms with van der Waals surface area (Å²) in [6.45, 7) is 1.98. The van der Waals surface area contributed by atoms with Gasteiger partial charge in [0.05, 0.1) is 12.2 Å². The third kappa shape index (κ3) is 8.96. The number of hydrogen-bond donors (Lipinski definition) is 1. The van der Waals surface area contributed by atoms with Crippen LogP contribution in [0.25, 0.3) is 0 Å². The number of nitrogens with one attached hydrogen (secondary N) is 1. The highest BCUT2D eigenvalue weighted by molar-refractivity contribution is 6.31. The lowest BCUT2D eigenvalue weighted by Gasteiger charge is -2.12. The summed E-state index contributed by atoms with van der Waals surface area (Å²) >= 11 is 6.10. The topological polar surface area (TPSA) is 68.3 Å². The van der Waals surface area contributed by atoms with E-state index >= 15 is 0 Å². The molecule has 2 rings (SSSR count). The summed E-state index contributed by atoms with van der Waals surface area (Å²) in [4.78, 5) is 27.4. The molecule has 1 N–H and O–H groups in total. The molecule has 0 aliphatic rings. The van der Waals surface area contributed by atoms with Gasteiger partial charge in [-0.15, -0.1) is 0 Å². The molecule has 0 fully saturated rings. The predicted molar refractivity (Wildman–Crippen MR) is 112 cm³/mol. The number of anilines is 1. The second-order valence-electron chi connectivity index (χ2n) is 7.27. The van der Waals surface area contributed by atoms with Crippen LogP contribution >= 0.6 is 11.6 Å². The highest BCUT2D eigenvalue weighted by atomic mass is 35.5. The zero-order valence-electron chi connectivity index (χ0n) is 17.0. The molecular weight excluding hydrogens is 433 g/mol. The number of ketones is 1. The number of amides is 1. The third-order valence-corrected chi connectivity index (χ3v) is 4.97. The molecule has 2 aromatic rings. The molecule has 168 valence electrons. The molecule has 0 bridgehead atoms. The Morgan fingerprint density at radius 3 is 2.58 bits per heavy atom. The fourth-order valence-electron chi connectivity index (χ4n) is 2.90. The average Bonchev–Trinajstić information content (AvgIpc) is 2.69. The van der Waals surface area contributed by atoms with Gasteiger partial charge in [0.1, 0.15) is 11.6 Å². The Bertz CT molecular complexity index is 873. The van der Waals surface area contributed by atoms with Crippen molar-refractivity contribution in [2.75, 3.05) is 11.9 Å². The first-order chi connectivity index (χ1) is 14.6. The second kappa shape index (κ2) is 11.7. The van der Waals surface area contributed by atoms with E-state index in [0.29, 0.717) is 36.9 Å². The number of aryl methyl sites for hydroxylation is 1. The Morgan fingerprint density at radius 1 is 1.19 bits per heavy atom. The largest absolute Gasteiger partial charge is 0.449 e. The fourth-order valence-corrected chi connectivity index (χ4v) is 3.13. The van der Waals surface area contributed by atoms with Gasteiger partial charge in [-0.1, -0.05) is 36.7 Å². The maximum Gasteiger partial charge on any atom is 0.417 e. The molecule has 1 heterocycles. The zero-order valence-corrected chi connectivity index (χ0v) is 17.8. The van der Waals surface area contributed by atoms with Crippen LogP contribution in [-0.4, -0.2) is 23.5 Å². The molecule has 9 heteroatoms. The van der Waals surface area contributed by atoms with Crippen LogP contribution in [0.4, 0.5) is 23.8 Å². The van der Waals surface area contributed by atoms with Crippen LogP contribution in [0.2, 0.25) is 5.02 Å². The summed E-state index contributed by atoms with van der Waals surface area (Å²) < 4.78 is 42.5. The van der Waals surface area contributed by atoms with Crippen LogP contribution in [-0.2, 0) is 22.1 Å². The molecule has 31 heavy (non-hydrogen) atoms. The first kappa shape index (κ1) is 24.7. The molecule has 1 amide bonds. The number of alkyl halides is 3. The van der Waals surface area contributed by atoms with Gasteiger partial charge in [-0.25, -0.2) is 9.78 Å². The number of Topliss-reactive ketones (excluding diaryl/α,β-unsaturated/α-hetero) is 1. The van der Waals surface area contributed by atoms with E-state index in [-0.39, 0.29) is 24.1 Å². The van der Waals surface area contributed by atoms with E-state index < -0.39 is 17.8 Å². The smallest absolute Gasteiger partial charge is 0.417 e. The van der Waals surface area contributed by atoms with Crippen LogP contribution in [0.3, 0.4) is 0 Å². The summed E-state index contributed by atoms with van der Waals surface area (Å²) in [5, 5.41) is 2.97. The number of aromatic nitrogens is 1. The molecule has 1 unspecified atom stereocenters. The Hall–Kier alpha value is -2.61. The van der Waals surface area contributed by atoms with Gasteiger partial charge in [0.2, 0.25) is 0 Å². The van der Waals surface area contributed by atoms with Gasteiger partial charge in [0.25, 0.3) is 0 Å². The molecule has 1 atom stereocenters. The second-order valence-corrected chi connectivity index (χ2v) is 7.68. The standard InChI is InChI=1S/C22H24ClF3N2O3/c1-15(13-18(29)7-4-6-16-5-2-3-8-19(16)23)11-12-31-21(30)28-20-10-9-17(14-27-20)22(24,25)26/h2-3,5,8-10,14-15H,4,6-7,11-13H2,1H3,(H,27,28,30). The lowest BCUT2D eigenvalue weighted by molar-refractivity contribution is -0.137. The highest BCUT2D eigenvalue weighted by Crippen LogP contribution is 2.28.